The van der Waals surface area contributed by atoms with E-state index in [2.05, 4.69) is 0 Å². The van der Waals surface area contributed by atoms with Crippen molar-refractivity contribution in [2.45, 2.75) is 25.2 Å². The summed E-state index contributed by atoms with van der Waals surface area (Å²) in [5, 5.41) is 11.0. The van der Waals surface area contributed by atoms with Crippen LogP contribution in [-0.2, 0) is 13.1 Å². The minimum absolute atomic E-state index is 0.0549. The van der Waals surface area contributed by atoms with Crippen LogP contribution < -0.4 is 27.5 Å². The summed E-state index contributed by atoms with van der Waals surface area (Å²) in [6.45, 7) is -0.0293. The van der Waals surface area contributed by atoms with Crippen LogP contribution in [-0.4, -0.2) is 40.1 Å². The lowest BCUT2D eigenvalue weighted by atomic mass is 9.89. The number of hydrogen-bond acceptors (Lipinski definition) is 6. The molecule has 2 aliphatic heterocycles. The lowest BCUT2D eigenvalue weighted by Crippen LogP contribution is -2.47. The van der Waals surface area contributed by atoms with Crippen molar-refractivity contribution in [1.82, 2.24) is 27.9 Å². The minimum Gasteiger partial charge on any atom is -0.508 e. The first-order chi connectivity index (χ1) is 19.9. The van der Waals surface area contributed by atoms with Crippen molar-refractivity contribution in [3.05, 3.63) is 138 Å². The van der Waals surface area contributed by atoms with Crippen LogP contribution in [0, 0.1) is 0 Å². The average Bonchev–Trinajstić information content (AvgIpc) is 3.41. The number of benzene rings is 3. The van der Waals surface area contributed by atoms with Crippen LogP contribution in [0.15, 0.2) is 110 Å². The lowest BCUT2D eigenvalue weighted by molar-refractivity contribution is 0.243. The van der Waals surface area contributed by atoms with Crippen LogP contribution in [0.5, 0.6) is 11.5 Å². The molecule has 2 atom stereocenters. The fraction of sp³-hybridized carbons (Fsp3) is 0.172. The first-order valence-electron chi connectivity index (χ1n) is 13.0. The Balaban J connectivity index is 1.52. The van der Waals surface area contributed by atoms with Gasteiger partial charge in [0, 0.05) is 5.56 Å². The SMILES string of the molecule is COc1ccc(O)c([C@H]2C3=CCn4c(=O)n(-c5ccccc5)c(=O)n4[C@@H]3Cn3c(=O)n(-c4ccccc4)c(=O)n32)c1. The smallest absolute Gasteiger partial charge is 0.352 e. The summed E-state index contributed by atoms with van der Waals surface area (Å²) in [5.41, 5.74) is -0.605. The van der Waals surface area contributed by atoms with E-state index in [0.29, 0.717) is 28.3 Å². The number of aromatic hydroxyl groups is 1. The van der Waals surface area contributed by atoms with Crippen molar-refractivity contribution in [3.63, 3.8) is 0 Å². The van der Waals surface area contributed by atoms with Crippen LogP contribution in [0.4, 0.5) is 0 Å². The number of phenols is 1. The highest BCUT2D eigenvalue weighted by Gasteiger charge is 2.42. The highest BCUT2D eigenvalue weighted by molar-refractivity contribution is 5.46. The van der Waals surface area contributed by atoms with Crippen molar-refractivity contribution in [1.29, 1.82) is 0 Å². The van der Waals surface area contributed by atoms with E-state index in [4.69, 9.17) is 4.74 Å². The van der Waals surface area contributed by atoms with Crippen molar-refractivity contribution >= 4 is 0 Å². The number of hydrogen-bond donors (Lipinski definition) is 1. The third-order valence-corrected chi connectivity index (χ3v) is 7.76. The summed E-state index contributed by atoms with van der Waals surface area (Å²) in [6, 6.07) is 20.0. The predicted molar refractivity (Wildman–Crippen MR) is 148 cm³/mol. The number of aromatic nitrogens is 6. The monoisotopic (exact) mass is 552 g/mol. The standard InChI is InChI=1S/C29H24N6O6/c1-41-20-12-13-24(36)22(16-20)25-21-14-15-30-26(37)32(18-8-4-2-5-9-18)28(39)34(30)23(21)17-31-27(38)33(29(40)35(25)31)19-10-6-3-7-11-19/h2-14,16,23,25,36H,15,17H2,1H3/t23-,25-/m1/s1. The van der Waals surface area contributed by atoms with E-state index >= 15 is 0 Å². The van der Waals surface area contributed by atoms with E-state index in [1.165, 1.54) is 31.9 Å². The first-order valence-corrected chi connectivity index (χ1v) is 13.0. The molecule has 0 saturated carbocycles. The Morgan fingerprint density at radius 2 is 1.32 bits per heavy atom. The molecule has 12 nitrogen and oxygen atoms in total. The summed E-state index contributed by atoms with van der Waals surface area (Å²) < 4.78 is 12.8. The van der Waals surface area contributed by atoms with Gasteiger partial charge in [-0.05, 0) is 48.0 Å². The van der Waals surface area contributed by atoms with Crippen molar-refractivity contribution in [2.24, 2.45) is 0 Å². The molecule has 0 aliphatic carbocycles. The molecule has 1 N–H and O–H groups in total. The molecule has 5 aromatic rings. The molecule has 0 fully saturated rings. The highest BCUT2D eigenvalue weighted by atomic mass is 16.5. The number of fused-ring (bicyclic) bond motifs is 4. The summed E-state index contributed by atoms with van der Waals surface area (Å²) in [7, 11) is 1.48. The van der Waals surface area contributed by atoms with Crippen molar-refractivity contribution in [3.8, 4) is 22.9 Å². The molecule has 4 heterocycles. The van der Waals surface area contributed by atoms with Gasteiger partial charge < -0.3 is 9.84 Å². The quantitative estimate of drug-likeness (QED) is 0.336. The molecule has 2 aliphatic rings. The van der Waals surface area contributed by atoms with Gasteiger partial charge in [0.15, 0.2) is 0 Å². The first kappa shape index (κ1) is 24.5. The van der Waals surface area contributed by atoms with Crippen LogP contribution in [0.25, 0.3) is 11.4 Å². The van der Waals surface area contributed by atoms with Gasteiger partial charge in [0.05, 0.1) is 37.6 Å². The van der Waals surface area contributed by atoms with Gasteiger partial charge in [-0.25, -0.2) is 47.0 Å². The van der Waals surface area contributed by atoms with Gasteiger partial charge >= 0.3 is 22.8 Å². The van der Waals surface area contributed by atoms with Gasteiger partial charge in [0.2, 0.25) is 0 Å². The van der Waals surface area contributed by atoms with E-state index in [1.54, 1.807) is 78.9 Å². The number of ether oxygens (including phenoxy) is 1. The molecule has 0 amide bonds. The molecule has 0 spiro atoms. The molecule has 3 aromatic carbocycles. The molecule has 2 aromatic heterocycles. The summed E-state index contributed by atoms with van der Waals surface area (Å²) in [4.78, 5) is 55.1. The van der Waals surface area contributed by atoms with Crippen molar-refractivity contribution in [2.75, 3.05) is 7.11 Å². The fourth-order valence-electron chi connectivity index (χ4n) is 5.91. The van der Waals surface area contributed by atoms with Gasteiger partial charge in [-0.1, -0.05) is 42.5 Å². The van der Waals surface area contributed by atoms with Crippen LogP contribution in [0.2, 0.25) is 0 Å². The van der Waals surface area contributed by atoms with Gasteiger partial charge in [0.25, 0.3) is 0 Å². The predicted octanol–water partition coefficient (Wildman–Crippen LogP) is 1.41. The maximum Gasteiger partial charge on any atom is 0.352 e. The molecule has 0 unspecified atom stereocenters. The van der Waals surface area contributed by atoms with E-state index < -0.39 is 34.8 Å². The Labute approximate surface area is 231 Å². The largest absolute Gasteiger partial charge is 0.508 e. The lowest BCUT2D eigenvalue weighted by Gasteiger charge is -2.37. The number of allylic oxidation sites excluding steroid dienone is 2. The number of methoxy groups -OCH3 is 1. The van der Waals surface area contributed by atoms with Crippen LogP contribution >= 0.6 is 0 Å². The molecule has 0 saturated heterocycles. The zero-order valence-electron chi connectivity index (χ0n) is 21.8. The summed E-state index contributed by atoms with van der Waals surface area (Å²) in [5.74, 6) is 0.318. The van der Waals surface area contributed by atoms with Gasteiger partial charge in [-0.3, -0.25) is 0 Å². The molecule has 0 radical (unpaired) electrons. The third-order valence-electron chi connectivity index (χ3n) is 7.76. The summed E-state index contributed by atoms with van der Waals surface area (Å²) >= 11 is 0. The molecular formula is C29H24N6O6. The molecule has 41 heavy (non-hydrogen) atoms. The van der Waals surface area contributed by atoms with Crippen molar-refractivity contribution < 1.29 is 9.84 Å². The number of phenolic OH excluding ortho intramolecular Hbond substituents is 1. The molecule has 7 rings (SSSR count). The highest BCUT2D eigenvalue weighted by Crippen LogP contribution is 2.42. The maximum atomic E-state index is 14.0. The molecule has 12 heteroatoms. The average molecular weight is 553 g/mol. The van der Waals surface area contributed by atoms with E-state index in [-0.39, 0.29) is 18.8 Å². The zero-order chi connectivity index (χ0) is 28.4. The topological polar surface area (TPSA) is 127 Å². The fourth-order valence-corrected chi connectivity index (χ4v) is 5.91. The van der Waals surface area contributed by atoms with E-state index in [9.17, 15) is 24.3 Å². The van der Waals surface area contributed by atoms with E-state index in [0.717, 1.165) is 9.13 Å². The second-order valence-electron chi connectivity index (χ2n) is 9.87. The number of para-hydroxylation sites is 2. The van der Waals surface area contributed by atoms with Gasteiger partial charge in [-0.15, -0.1) is 0 Å². The second-order valence-corrected chi connectivity index (χ2v) is 9.87. The minimum atomic E-state index is -0.968. The van der Waals surface area contributed by atoms with Crippen LogP contribution in [0.3, 0.4) is 0 Å². The molecule has 0 bridgehead atoms. The van der Waals surface area contributed by atoms with Gasteiger partial charge in [0.1, 0.15) is 17.5 Å². The Morgan fingerprint density at radius 1 is 0.732 bits per heavy atom. The van der Waals surface area contributed by atoms with Gasteiger partial charge in [-0.2, -0.15) is 0 Å². The number of nitrogens with zero attached hydrogens (tertiary/aromatic N) is 6. The number of rotatable bonds is 4. The molecule has 206 valence electrons. The third kappa shape index (κ3) is 3.46. The molecular weight excluding hydrogens is 528 g/mol. The Morgan fingerprint density at radius 3 is 1.93 bits per heavy atom. The normalized spacial score (nSPS) is 17.3. The maximum absolute atomic E-state index is 14.0. The Hall–Kier alpha value is -5.52. The Kier molecular flexibility index (Phi) is 5.39. The van der Waals surface area contributed by atoms with Crippen LogP contribution in [0.1, 0.15) is 17.6 Å². The van der Waals surface area contributed by atoms with E-state index in [1.807, 2.05) is 0 Å². The Bertz CT molecular complexity index is 2090. The summed E-state index contributed by atoms with van der Waals surface area (Å²) in [6.07, 6.45) is 1.78. The zero-order valence-corrected chi connectivity index (χ0v) is 21.8. The second kappa shape index (κ2) is 9.01.